The van der Waals surface area contributed by atoms with E-state index in [2.05, 4.69) is 26.3 Å². The minimum Gasteiger partial charge on any atom is -1.00 e. The fraction of sp³-hybridized carbons (Fsp3) is 1.00. The Balaban J connectivity index is -0.00000128. The molecule has 0 aliphatic heterocycles. The Morgan fingerprint density at radius 2 is 1.50 bits per heavy atom. The van der Waals surface area contributed by atoms with Crippen molar-refractivity contribution in [2.45, 2.75) is 91.1 Å². The first-order chi connectivity index (χ1) is 8.35. The van der Waals surface area contributed by atoms with E-state index in [0.717, 1.165) is 19.4 Å². The van der Waals surface area contributed by atoms with E-state index in [-0.39, 0.29) is 31.0 Å². The molecule has 0 spiro atoms. The van der Waals surface area contributed by atoms with Crippen LogP contribution < -0.4 is 35.0 Å². The van der Waals surface area contributed by atoms with Gasteiger partial charge in [-0.2, -0.15) is 0 Å². The van der Waals surface area contributed by atoms with Gasteiger partial charge in [-0.3, -0.25) is 4.84 Å². The van der Waals surface area contributed by atoms with Crippen molar-refractivity contribution in [3.05, 3.63) is 0 Å². The Kier molecular flexibility index (Phi) is 21.1. The minimum atomic E-state index is 0. The molecule has 0 saturated heterocycles. The maximum absolute atomic E-state index is 5.63. The Labute approximate surface area is 138 Å². The molecule has 0 aromatic heterocycles. The zero-order valence-corrected chi connectivity index (χ0v) is 15.3. The molecule has 0 aromatic rings. The second-order valence-corrected chi connectivity index (χ2v) is 4.95. The maximum Gasteiger partial charge on any atom is 1.00 e. The number of rotatable bonds is 13. The third kappa shape index (κ3) is 15.0. The van der Waals surface area contributed by atoms with Gasteiger partial charge >= 0.3 is 29.6 Å². The van der Waals surface area contributed by atoms with Crippen molar-refractivity contribution >= 4 is 0 Å². The number of hydrogen-bond acceptors (Lipinski definition) is 2. The van der Waals surface area contributed by atoms with Crippen LogP contribution in [0.4, 0.5) is 0 Å². The molecule has 0 bridgehead atoms. The van der Waals surface area contributed by atoms with E-state index in [9.17, 15) is 0 Å². The monoisotopic (exact) mass is 267 g/mol. The van der Waals surface area contributed by atoms with Crippen LogP contribution in [-0.2, 0) is 4.84 Å². The average molecular weight is 267 g/mol. The van der Waals surface area contributed by atoms with Crippen molar-refractivity contribution in [1.29, 1.82) is 0 Å². The fourth-order valence-corrected chi connectivity index (χ4v) is 1.95. The number of nitrogens with one attached hydrogen (secondary N) is 1. The zero-order chi connectivity index (χ0) is 12.8. The quantitative estimate of drug-likeness (QED) is 0.313. The summed E-state index contributed by atoms with van der Waals surface area (Å²) in [6.45, 7) is 7.60. The first-order valence-electron chi connectivity index (χ1n) is 7.73. The SMILES string of the molecule is CCCCCCCCCC(CC)ONCCC.[H-].[Na+]. The van der Waals surface area contributed by atoms with Crippen LogP contribution in [-0.4, -0.2) is 12.6 Å². The van der Waals surface area contributed by atoms with Crippen LogP contribution in [0.1, 0.15) is 86.4 Å². The standard InChI is InChI=1S/C15H33NO.Na.H/c1-4-7-8-9-10-11-12-13-15(6-3)17-16-14-5-2;;/h15-16H,4-14H2,1-3H3;;/q;+1;-1. The molecule has 0 aromatic carbocycles. The zero-order valence-electron chi connectivity index (χ0n) is 14.3. The molecular formula is C15H34NNaO. The van der Waals surface area contributed by atoms with Crippen molar-refractivity contribution in [3.8, 4) is 0 Å². The van der Waals surface area contributed by atoms with Gasteiger partial charge in [-0.05, 0) is 19.3 Å². The third-order valence-electron chi connectivity index (χ3n) is 3.19. The first kappa shape index (κ1) is 21.2. The topological polar surface area (TPSA) is 21.3 Å². The van der Waals surface area contributed by atoms with Gasteiger partial charge in [0.1, 0.15) is 0 Å². The number of hydrogen-bond donors (Lipinski definition) is 1. The van der Waals surface area contributed by atoms with Crippen LogP contribution in [0.15, 0.2) is 0 Å². The Bertz CT molecular complexity index is 150. The van der Waals surface area contributed by atoms with E-state index in [1.165, 1.54) is 51.4 Å². The molecule has 0 aliphatic rings. The molecule has 106 valence electrons. The summed E-state index contributed by atoms with van der Waals surface area (Å²) in [6, 6.07) is 0. The number of unbranched alkanes of at least 4 members (excludes halogenated alkanes) is 6. The van der Waals surface area contributed by atoms with Gasteiger partial charge in [0, 0.05) is 6.54 Å². The van der Waals surface area contributed by atoms with Gasteiger partial charge in [0.15, 0.2) is 0 Å². The molecule has 1 unspecified atom stereocenters. The minimum absolute atomic E-state index is 0. The van der Waals surface area contributed by atoms with Gasteiger partial charge in [-0.1, -0.05) is 65.7 Å². The van der Waals surface area contributed by atoms with Gasteiger partial charge in [0.2, 0.25) is 0 Å². The van der Waals surface area contributed by atoms with Crippen molar-refractivity contribution in [2.75, 3.05) is 6.54 Å². The van der Waals surface area contributed by atoms with Gasteiger partial charge in [-0.25, -0.2) is 5.48 Å². The molecule has 18 heavy (non-hydrogen) atoms. The molecule has 0 radical (unpaired) electrons. The summed E-state index contributed by atoms with van der Waals surface area (Å²) in [5, 5.41) is 0. The summed E-state index contributed by atoms with van der Waals surface area (Å²) in [5.74, 6) is 0. The summed E-state index contributed by atoms with van der Waals surface area (Å²) in [5.41, 5.74) is 3.05. The van der Waals surface area contributed by atoms with E-state index in [1.54, 1.807) is 0 Å². The summed E-state index contributed by atoms with van der Waals surface area (Å²) in [6.07, 6.45) is 13.5. The maximum atomic E-state index is 5.63. The smallest absolute Gasteiger partial charge is 1.00 e. The first-order valence-corrected chi connectivity index (χ1v) is 7.73. The van der Waals surface area contributed by atoms with Gasteiger partial charge in [0.25, 0.3) is 0 Å². The van der Waals surface area contributed by atoms with Gasteiger partial charge in [-0.15, -0.1) is 0 Å². The van der Waals surface area contributed by atoms with Crippen LogP contribution in [0.2, 0.25) is 0 Å². The van der Waals surface area contributed by atoms with Crippen LogP contribution in [0.25, 0.3) is 0 Å². The third-order valence-corrected chi connectivity index (χ3v) is 3.19. The van der Waals surface area contributed by atoms with Crippen molar-refractivity contribution in [3.63, 3.8) is 0 Å². The fourth-order valence-electron chi connectivity index (χ4n) is 1.95. The molecule has 1 atom stereocenters. The van der Waals surface area contributed by atoms with Gasteiger partial charge in [0.05, 0.1) is 6.10 Å². The van der Waals surface area contributed by atoms with E-state index in [0.29, 0.717) is 6.10 Å². The number of hydroxylamine groups is 1. The molecule has 3 heteroatoms. The summed E-state index contributed by atoms with van der Waals surface area (Å²) < 4.78 is 0. The molecule has 0 fully saturated rings. The van der Waals surface area contributed by atoms with Crippen molar-refractivity contribution < 1.29 is 35.8 Å². The Morgan fingerprint density at radius 1 is 0.889 bits per heavy atom. The molecule has 0 rings (SSSR count). The summed E-state index contributed by atoms with van der Waals surface area (Å²) in [4.78, 5) is 5.63. The predicted octanol–water partition coefficient (Wildman–Crippen LogP) is 1.95. The van der Waals surface area contributed by atoms with Crippen LogP contribution in [0.3, 0.4) is 0 Å². The Hall–Kier alpha value is 0.920. The average Bonchev–Trinajstić information content (AvgIpc) is 2.35. The van der Waals surface area contributed by atoms with Gasteiger partial charge < -0.3 is 1.43 Å². The molecule has 0 saturated carbocycles. The van der Waals surface area contributed by atoms with E-state index < -0.39 is 0 Å². The molecule has 0 aliphatic carbocycles. The van der Waals surface area contributed by atoms with Crippen LogP contribution in [0.5, 0.6) is 0 Å². The van der Waals surface area contributed by atoms with Crippen molar-refractivity contribution in [1.82, 2.24) is 5.48 Å². The molecule has 0 amide bonds. The molecule has 2 nitrogen and oxygen atoms in total. The second-order valence-electron chi connectivity index (χ2n) is 4.95. The molecular weight excluding hydrogens is 233 g/mol. The van der Waals surface area contributed by atoms with Crippen LogP contribution >= 0.6 is 0 Å². The normalized spacial score (nSPS) is 12.2. The second kappa shape index (κ2) is 17.9. The summed E-state index contributed by atoms with van der Waals surface area (Å²) >= 11 is 0. The molecule has 1 N–H and O–H groups in total. The Morgan fingerprint density at radius 3 is 2.06 bits per heavy atom. The largest absolute Gasteiger partial charge is 1.00 e. The predicted molar refractivity (Wildman–Crippen MR) is 77.2 cm³/mol. The van der Waals surface area contributed by atoms with E-state index in [4.69, 9.17) is 4.84 Å². The molecule has 0 heterocycles. The van der Waals surface area contributed by atoms with Crippen LogP contribution in [0, 0.1) is 0 Å². The van der Waals surface area contributed by atoms with E-state index >= 15 is 0 Å². The van der Waals surface area contributed by atoms with E-state index in [1.807, 2.05) is 0 Å². The van der Waals surface area contributed by atoms with Crippen molar-refractivity contribution in [2.24, 2.45) is 0 Å². The summed E-state index contributed by atoms with van der Waals surface area (Å²) in [7, 11) is 0.